The SMILES string of the molecule is C=C(F)C(=O)N1CCN(c2nc(=O)n(-c3c(C)ccnc3C(C)C)c3c4c(c(Cl)cc23)-c2c(ccc(C)c2C)CO4)[C@@H](C)C1. The number of rotatable bonds is 4. The van der Waals surface area contributed by atoms with E-state index in [1.807, 2.05) is 44.7 Å². The lowest BCUT2D eigenvalue weighted by Gasteiger charge is -2.41. The second kappa shape index (κ2) is 11.0. The van der Waals surface area contributed by atoms with E-state index < -0.39 is 17.4 Å². The minimum Gasteiger partial charge on any atom is -0.486 e. The number of aromatic nitrogens is 3. The molecule has 0 saturated carbocycles. The van der Waals surface area contributed by atoms with Crippen molar-refractivity contribution < 1.29 is 13.9 Å². The van der Waals surface area contributed by atoms with Crippen LogP contribution in [0, 0.1) is 20.8 Å². The van der Waals surface area contributed by atoms with Crippen LogP contribution in [0.4, 0.5) is 10.2 Å². The van der Waals surface area contributed by atoms with Crippen LogP contribution >= 0.6 is 11.6 Å². The quantitative estimate of drug-likeness (QED) is 0.242. The van der Waals surface area contributed by atoms with Crippen LogP contribution in [0.3, 0.4) is 0 Å². The zero-order chi connectivity index (χ0) is 31.6. The Bertz CT molecular complexity index is 1940. The van der Waals surface area contributed by atoms with E-state index >= 15 is 0 Å². The molecule has 0 spiro atoms. The Balaban J connectivity index is 1.69. The number of carbonyl (C=O) groups excluding carboxylic acids is 1. The lowest BCUT2D eigenvalue weighted by atomic mass is 9.89. The summed E-state index contributed by atoms with van der Waals surface area (Å²) < 4.78 is 21.8. The van der Waals surface area contributed by atoms with Crippen LogP contribution < -0.4 is 15.3 Å². The van der Waals surface area contributed by atoms with Crippen molar-refractivity contribution in [3.63, 3.8) is 0 Å². The van der Waals surface area contributed by atoms with Gasteiger partial charge in [-0.15, -0.1) is 0 Å². The first-order valence-electron chi connectivity index (χ1n) is 14.8. The third-order valence-electron chi connectivity index (χ3n) is 8.85. The maximum Gasteiger partial charge on any atom is 0.354 e. The maximum absolute atomic E-state index is 14.3. The topological polar surface area (TPSA) is 80.6 Å². The van der Waals surface area contributed by atoms with E-state index in [0.29, 0.717) is 46.3 Å². The van der Waals surface area contributed by atoms with Crippen molar-refractivity contribution in [3.8, 4) is 22.6 Å². The third-order valence-corrected chi connectivity index (χ3v) is 9.15. The Hall–Kier alpha value is -4.24. The Morgan fingerprint density at radius 1 is 1.14 bits per heavy atom. The number of anilines is 1. The molecule has 0 aliphatic carbocycles. The van der Waals surface area contributed by atoms with Crippen molar-refractivity contribution in [3.05, 3.63) is 86.3 Å². The molecule has 2 aromatic heterocycles. The second-order valence-electron chi connectivity index (χ2n) is 12.1. The number of amides is 1. The summed E-state index contributed by atoms with van der Waals surface area (Å²) >= 11 is 7.14. The van der Waals surface area contributed by atoms with Gasteiger partial charge in [0.25, 0.3) is 5.91 Å². The van der Waals surface area contributed by atoms with Gasteiger partial charge in [-0.05, 0) is 73.6 Å². The molecule has 1 saturated heterocycles. The Morgan fingerprint density at radius 2 is 1.89 bits per heavy atom. The maximum atomic E-state index is 14.3. The smallest absolute Gasteiger partial charge is 0.354 e. The normalized spacial score (nSPS) is 16.2. The van der Waals surface area contributed by atoms with Crippen molar-refractivity contribution in [2.75, 3.05) is 24.5 Å². The Kier molecular flexibility index (Phi) is 7.48. The largest absolute Gasteiger partial charge is 0.486 e. The highest BCUT2D eigenvalue weighted by Crippen LogP contribution is 2.50. The summed E-state index contributed by atoms with van der Waals surface area (Å²) in [5.74, 6) is -0.744. The number of halogens is 2. The third kappa shape index (κ3) is 4.65. The summed E-state index contributed by atoms with van der Waals surface area (Å²) in [5.41, 5.74) is 7.39. The number of fused-ring (bicyclic) bond motifs is 5. The number of benzene rings is 2. The lowest BCUT2D eigenvalue weighted by molar-refractivity contribution is -0.129. The number of nitrogens with zero attached hydrogens (tertiary/aromatic N) is 5. The predicted octanol–water partition coefficient (Wildman–Crippen LogP) is 6.56. The molecule has 2 aromatic carbocycles. The molecule has 2 aliphatic heterocycles. The molecule has 4 heterocycles. The molecule has 0 N–H and O–H groups in total. The molecular weight excluding hydrogens is 581 g/mol. The molecule has 0 bridgehead atoms. The van der Waals surface area contributed by atoms with Crippen molar-refractivity contribution in [2.24, 2.45) is 0 Å². The molecule has 1 amide bonds. The van der Waals surface area contributed by atoms with Crippen molar-refractivity contribution in [1.29, 1.82) is 0 Å². The molecule has 0 unspecified atom stereocenters. The highest BCUT2D eigenvalue weighted by atomic mass is 35.5. The summed E-state index contributed by atoms with van der Waals surface area (Å²) in [6.45, 7) is 16.4. The van der Waals surface area contributed by atoms with Crippen LogP contribution in [0.2, 0.25) is 5.02 Å². The van der Waals surface area contributed by atoms with E-state index in [4.69, 9.17) is 16.3 Å². The van der Waals surface area contributed by atoms with Crippen molar-refractivity contribution in [2.45, 2.75) is 60.1 Å². The van der Waals surface area contributed by atoms with Crippen molar-refractivity contribution in [1.82, 2.24) is 19.4 Å². The van der Waals surface area contributed by atoms with E-state index in [1.54, 1.807) is 10.8 Å². The summed E-state index contributed by atoms with van der Waals surface area (Å²) in [6.07, 6.45) is 1.75. The first kappa shape index (κ1) is 29.8. The van der Waals surface area contributed by atoms with E-state index in [1.165, 1.54) is 4.90 Å². The van der Waals surface area contributed by atoms with Gasteiger partial charge in [0.2, 0.25) is 0 Å². The van der Waals surface area contributed by atoms with Gasteiger partial charge in [-0.3, -0.25) is 14.3 Å². The summed E-state index contributed by atoms with van der Waals surface area (Å²) in [5, 5.41) is 1.12. The van der Waals surface area contributed by atoms with Crippen LogP contribution in [-0.4, -0.2) is 51.0 Å². The minimum absolute atomic E-state index is 0.0251. The van der Waals surface area contributed by atoms with Gasteiger partial charge in [0.15, 0.2) is 11.6 Å². The van der Waals surface area contributed by atoms with Crippen LogP contribution in [0.1, 0.15) is 54.6 Å². The summed E-state index contributed by atoms with van der Waals surface area (Å²) in [4.78, 5) is 39.4. The standard InChI is InChI=1S/C34H35ClFN5O3/c1-17(2)28-29(19(4)10-11-37-28)41-30-24(14-25(35)27-26-21(6)18(3)8-9-23(26)16-44-31(27)30)32(38-34(41)43)40-13-12-39(15-20(40)5)33(42)22(7)36/h8-11,14,17,20H,7,12-13,15-16H2,1-6H3/t20-/m0/s1. The molecule has 1 fully saturated rings. The number of ether oxygens (including phenoxy) is 1. The van der Waals surface area contributed by atoms with Crippen LogP contribution in [0.5, 0.6) is 5.75 Å². The van der Waals surface area contributed by atoms with E-state index in [0.717, 1.165) is 39.1 Å². The molecule has 10 heteroatoms. The summed E-state index contributed by atoms with van der Waals surface area (Å²) in [6, 6.07) is 7.61. The van der Waals surface area contributed by atoms with Crippen LogP contribution in [0.25, 0.3) is 27.7 Å². The molecule has 228 valence electrons. The number of hydrogen-bond donors (Lipinski definition) is 0. The molecule has 0 radical (unpaired) electrons. The number of carbonyl (C=O) groups is 1. The minimum atomic E-state index is -0.994. The fourth-order valence-electron chi connectivity index (χ4n) is 6.51. The predicted molar refractivity (Wildman–Crippen MR) is 172 cm³/mol. The lowest BCUT2D eigenvalue weighted by Crippen LogP contribution is -2.54. The number of piperazine rings is 1. The Labute approximate surface area is 260 Å². The van der Waals surface area contributed by atoms with Crippen molar-refractivity contribution >= 4 is 34.2 Å². The van der Waals surface area contributed by atoms with Crippen LogP contribution in [0.15, 0.2) is 47.7 Å². The van der Waals surface area contributed by atoms with Gasteiger partial charge in [0.05, 0.1) is 16.4 Å². The fourth-order valence-corrected chi connectivity index (χ4v) is 6.80. The van der Waals surface area contributed by atoms with E-state index in [-0.39, 0.29) is 25.0 Å². The van der Waals surface area contributed by atoms with Gasteiger partial charge in [-0.2, -0.15) is 4.98 Å². The van der Waals surface area contributed by atoms with Crippen LogP contribution in [-0.2, 0) is 11.4 Å². The van der Waals surface area contributed by atoms with Gasteiger partial charge >= 0.3 is 5.69 Å². The van der Waals surface area contributed by atoms with Gasteiger partial charge in [0.1, 0.15) is 17.9 Å². The molecule has 6 rings (SSSR count). The number of aryl methyl sites for hydroxylation is 2. The monoisotopic (exact) mass is 615 g/mol. The highest BCUT2D eigenvalue weighted by molar-refractivity contribution is 6.35. The first-order valence-corrected chi connectivity index (χ1v) is 15.2. The average Bonchev–Trinajstić information content (AvgIpc) is 2.98. The second-order valence-corrected chi connectivity index (χ2v) is 12.5. The van der Waals surface area contributed by atoms with Gasteiger partial charge in [-0.25, -0.2) is 9.18 Å². The van der Waals surface area contributed by atoms with E-state index in [9.17, 15) is 14.0 Å². The van der Waals surface area contributed by atoms with Gasteiger partial charge < -0.3 is 14.5 Å². The first-order chi connectivity index (χ1) is 20.9. The Morgan fingerprint density at radius 3 is 2.57 bits per heavy atom. The number of pyridine rings is 1. The fraction of sp³-hybridized carbons (Fsp3) is 0.353. The molecular formula is C34H35ClFN5O3. The van der Waals surface area contributed by atoms with E-state index in [2.05, 4.69) is 42.5 Å². The molecule has 8 nitrogen and oxygen atoms in total. The molecule has 2 aliphatic rings. The highest BCUT2D eigenvalue weighted by Gasteiger charge is 2.34. The average molecular weight is 616 g/mol. The zero-order valence-corrected chi connectivity index (χ0v) is 26.5. The van der Waals surface area contributed by atoms with Gasteiger partial charge in [0, 0.05) is 42.8 Å². The summed E-state index contributed by atoms with van der Waals surface area (Å²) in [7, 11) is 0. The molecule has 44 heavy (non-hydrogen) atoms. The molecule has 4 aromatic rings. The number of hydrogen-bond acceptors (Lipinski definition) is 6. The van der Waals surface area contributed by atoms with Gasteiger partial charge in [-0.1, -0.05) is 44.2 Å². The molecule has 1 atom stereocenters. The zero-order valence-electron chi connectivity index (χ0n) is 25.8.